The smallest absolute Gasteiger partial charge is 0.241 e. The molecule has 0 saturated carbocycles. The summed E-state index contributed by atoms with van der Waals surface area (Å²) >= 11 is 1.76. The highest BCUT2D eigenvalue weighted by atomic mass is 32.1. The fourth-order valence-electron chi connectivity index (χ4n) is 4.73. The van der Waals surface area contributed by atoms with Crippen LogP contribution >= 0.6 is 11.3 Å². The van der Waals surface area contributed by atoms with E-state index in [4.69, 9.17) is 4.98 Å². The monoisotopic (exact) mass is 420 g/mol. The second-order valence-corrected chi connectivity index (χ2v) is 9.28. The summed E-state index contributed by atoms with van der Waals surface area (Å²) in [5.74, 6) is 1.16. The van der Waals surface area contributed by atoms with Crippen LogP contribution in [0.4, 0.5) is 0 Å². The fourth-order valence-corrected chi connectivity index (χ4v) is 5.57. The first-order chi connectivity index (χ1) is 15.1. The number of aromatic nitrogens is 3. The molecule has 6 aromatic rings. The van der Waals surface area contributed by atoms with Gasteiger partial charge in [-0.2, -0.15) is 4.57 Å². The molecule has 0 amide bonds. The molecule has 0 radical (unpaired) electrons. The lowest BCUT2D eigenvalue weighted by molar-refractivity contribution is -0.633. The first-order valence-corrected chi connectivity index (χ1v) is 11.3. The lowest BCUT2D eigenvalue weighted by Gasteiger charge is -2.09. The van der Waals surface area contributed by atoms with E-state index in [1.807, 2.05) is 0 Å². The van der Waals surface area contributed by atoms with Crippen LogP contribution in [0.1, 0.15) is 10.6 Å². The van der Waals surface area contributed by atoms with Gasteiger partial charge in [0.15, 0.2) is 11.0 Å². The van der Waals surface area contributed by atoms with Crippen LogP contribution in [0, 0.1) is 13.8 Å². The molecule has 0 aliphatic heterocycles. The summed E-state index contributed by atoms with van der Waals surface area (Å²) in [7, 11) is 2.16. The predicted molar refractivity (Wildman–Crippen MR) is 130 cm³/mol. The molecule has 3 nitrogen and oxygen atoms in total. The maximum atomic E-state index is 4.95. The number of para-hydroxylation sites is 2. The topological polar surface area (TPSA) is 21.7 Å². The summed E-state index contributed by atoms with van der Waals surface area (Å²) in [5.41, 5.74) is 7.11. The molecule has 31 heavy (non-hydrogen) atoms. The van der Waals surface area contributed by atoms with Crippen molar-refractivity contribution in [2.75, 3.05) is 0 Å². The molecule has 0 aliphatic rings. The van der Waals surface area contributed by atoms with Crippen molar-refractivity contribution in [1.82, 2.24) is 9.55 Å². The van der Waals surface area contributed by atoms with Gasteiger partial charge in [-0.3, -0.25) is 0 Å². The fraction of sp³-hybridized carbons (Fsp3) is 0.111. The first-order valence-electron chi connectivity index (χ1n) is 10.5. The molecule has 2 aromatic heterocycles. The number of benzene rings is 4. The Bertz CT molecular complexity index is 1620. The van der Waals surface area contributed by atoms with Crippen molar-refractivity contribution in [2.24, 2.45) is 7.05 Å². The van der Waals surface area contributed by atoms with Gasteiger partial charge in [0.2, 0.25) is 0 Å². The highest BCUT2D eigenvalue weighted by Crippen LogP contribution is 2.37. The quantitative estimate of drug-likeness (QED) is 0.293. The molecule has 0 spiro atoms. The van der Waals surface area contributed by atoms with Crippen molar-refractivity contribution in [2.45, 2.75) is 13.8 Å². The largest absolute Gasteiger partial charge is 0.297 e. The van der Waals surface area contributed by atoms with Gasteiger partial charge in [-0.15, -0.1) is 11.3 Å². The van der Waals surface area contributed by atoms with Gasteiger partial charge in [0, 0.05) is 5.39 Å². The molecule has 0 bridgehead atoms. The molecule has 0 atom stereocenters. The van der Waals surface area contributed by atoms with Crippen molar-refractivity contribution in [3.05, 3.63) is 89.4 Å². The molecule has 4 heteroatoms. The number of rotatable bonds is 2. The molecule has 0 unspecified atom stereocenters. The lowest BCUT2D eigenvalue weighted by atomic mass is 10.1. The Labute approximate surface area is 184 Å². The van der Waals surface area contributed by atoms with Crippen molar-refractivity contribution in [3.8, 4) is 17.1 Å². The Morgan fingerprint density at radius 3 is 2.52 bits per heavy atom. The minimum absolute atomic E-state index is 1.09. The normalized spacial score (nSPS) is 11.7. The van der Waals surface area contributed by atoms with Crippen molar-refractivity contribution in [1.29, 1.82) is 0 Å². The molecular weight excluding hydrogens is 398 g/mol. The maximum absolute atomic E-state index is 4.95. The van der Waals surface area contributed by atoms with E-state index in [0.29, 0.717) is 0 Å². The summed E-state index contributed by atoms with van der Waals surface area (Å²) in [6.07, 6.45) is 0. The van der Waals surface area contributed by atoms with E-state index < -0.39 is 0 Å². The Morgan fingerprint density at radius 2 is 1.61 bits per heavy atom. The molecule has 0 fully saturated rings. The standard InChI is InChI=1S/C27H22N3S/c1-17-15-16-24-26(28-18(2)31-24)25(17)27-29(3)22-12-6-7-13-23(22)30(27)21-14-8-10-19-9-4-5-11-20(19)21/h4-16H,1-3H3/q+1. The van der Waals surface area contributed by atoms with E-state index in [0.717, 1.165) is 16.3 Å². The zero-order valence-electron chi connectivity index (χ0n) is 17.8. The third-order valence-corrected chi connectivity index (χ3v) is 7.06. The molecule has 6 rings (SSSR count). The second kappa shape index (κ2) is 6.76. The van der Waals surface area contributed by atoms with Gasteiger partial charge in [0.1, 0.15) is 5.69 Å². The first kappa shape index (κ1) is 18.3. The Morgan fingerprint density at radius 1 is 0.839 bits per heavy atom. The summed E-state index contributed by atoms with van der Waals surface area (Å²) in [6.45, 7) is 4.28. The van der Waals surface area contributed by atoms with Crippen LogP contribution in [0.25, 0.3) is 49.1 Å². The molecular formula is C27H22N3S+. The Hall–Kier alpha value is -3.50. The number of fused-ring (bicyclic) bond motifs is 3. The van der Waals surface area contributed by atoms with Crippen molar-refractivity contribution in [3.63, 3.8) is 0 Å². The van der Waals surface area contributed by atoms with Crippen LogP contribution in [0.3, 0.4) is 0 Å². The van der Waals surface area contributed by atoms with E-state index in [9.17, 15) is 0 Å². The zero-order chi connectivity index (χ0) is 21.1. The van der Waals surface area contributed by atoms with E-state index in [2.05, 4.69) is 109 Å². The summed E-state index contributed by atoms with van der Waals surface area (Å²) in [6, 6.07) is 28.2. The molecule has 2 heterocycles. The maximum Gasteiger partial charge on any atom is 0.297 e. The Balaban J connectivity index is 1.83. The van der Waals surface area contributed by atoms with Gasteiger partial charge < -0.3 is 0 Å². The van der Waals surface area contributed by atoms with Crippen LogP contribution in [0.2, 0.25) is 0 Å². The number of aryl methyl sites for hydroxylation is 3. The third kappa shape index (κ3) is 2.65. The number of nitrogens with zero attached hydrogens (tertiary/aromatic N) is 3. The van der Waals surface area contributed by atoms with Crippen LogP contribution < -0.4 is 4.57 Å². The van der Waals surface area contributed by atoms with Gasteiger partial charge in [0.25, 0.3) is 5.82 Å². The number of imidazole rings is 1. The number of hydrogen-bond acceptors (Lipinski definition) is 2. The summed E-state index contributed by atoms with van der Waals surface area (Å²) < 4.78 is 5.95. The van der Waals surface area contributed by atoms with Crippen molar-refractivity contribution < 1.29 is 4.57 Å². The van der Waals surface area contributed by atoms with E-state index in [1.165, 1.54) is 43.3 Å². The van der Waals surface area contributed by atoms with Gasteiger partial charge >= 0.3 is 0 Å². The van der Waals surface area contributed by atoms with E-state index >= 15 is 0 Å². The minimum Gasteiger partial charge on any atom is -0.241 e. The molecule has 0 N–H and O–H groups in total. The predicted octanol–water partition coefficient (Wildman–Crippen LogP) is 6.50. The lowest BCUT2D eigenvalue weighted by Crippen LogP contribution is -2.30. The summed E-state index contributed by atoms with van der Waals surface area (Å²) in [4.78, 5) is 4.95. The average molecular weight is 421 g/mol. The highest BCUT2D eigenvalue weighted by molar-refractivity contribution is 7.18. The van der Waals surface area contributed by atoms with Crippen LogP contribution in [0.15, 0.2) is 78.9 Å². The van der Waals surface area contributed by atoms with E-state index in [1.54, 1.807) is 11.3 Å². The zero-order valence-corrected chi connectivity index (χ0v) is 18.6. The van der Waals surface area contributed by atoms with Gasteiger partial charge in [-0.1, -0.05) is 54.6 Å². The number of thiazole rings is 1. The molecule has 0 aliphatic carbocycles. The molecule has 150 valence electrons. The van der Waals surface area contributed by atoms with Gasteiger partial charge in [-0.05, 0) is 49.1 Å². The van der Waals surface area contributed by atoms with Crippen LogP contribution in [0.5, 0.6) is 0 Å². The number of hydrogen-bond donors (Lipinski definition) is 0. The third-order valence-electron chi connectivity index (χ3n) is 6.12. The van der Waals surface area contributed by atoms with Crippen LogP contribution in [-0.2, 0) is 7.05 Å². The highest BCUT2D eigenvalue weighted by Gasteiger charge is 2.30. The Kier molecular flexibility index (Phi) is 3.99. The average Bonchev–Trinajstić information content (AvgIpc) is 3.30. The van der Waals surface area contributed by atoms with Crippen molar-refractivity contribution >= 4 is 43.4 Å². The molecule has 4 aromatic carbocycles. The SMILES string of the molecule is Cc1nc2c(-c3n(-c4cccc5ccccc45)c4ccccc4[n+]3C)c(C)ccc2s1. The van der Waals surface area contributed by atoms with Crippen LogP contribution in [-0.4, -0.2) is 9.55 Å². The second-order valence-electron chi connectivity index (χ2n) is 8.04. The van der Waals surface area contributed by atoms with Gasteiger partial charge in [0.05, 0.1) is 27.8 Å². The van der Waals surface area contributed by atoms with E-state index in [-0.39, 0.29) is 0 Å². The molecule has 0 saturated heterocycles. The summed E-state index contributed by atoms with van der Waals surface area (Å²) in [5, 5.41) is 3.58. The van der Waals surface area contributed by atoms with Gasteiger partial charge in [-0.25, -0.2) is 9.55 Å². The minimum atomic E-state index is 1.09.